The number of carbonyl (C=O) groups is 1. The van der Waals surface area contributed by atoms with Crippen molar-refractivity contribution in [1.29, 1.82) is 0 Å². The van der Waals surface area contributed by atoms with Crippen LogP contribution < -0.4 is 15.0 Å². The summed E-state index contributed by atoms with van der Waals surface area (Å²) >= 11 is 0. The molecule has 4 rings (SSSR count). The van der Waals surface area contributed by atoms with E-state index in [1.165, 1.54) is 16.5 Å². The van der Waals surface area contributed by atoms with E-state index in [-0.39, 0.29) is 0 Å². The molecule has 0 radical (unpaired) electrons. The Labute approximate surface area is 170 Å². The zero-order valence-corrected chi connectivity index (χ0v) is 17.0. The van der Waals surface area contributed by atoms with Crippen LogP contribution in [-0.4, -0.2) is 47.6 Å². The molecule has 1 N–H and O–H groups in total. The second-order valence-electron chi connectivity index (χ2n) is 7.64. The summed E-state index contributed by atoms with van der Waals surface area (Å²) in [5.74, 6) is 2.25. The molecule has 1 fully saturated rings. The Morgan fingerprint density at radius 1 is 1.24 bits per heavy atom. The largest absolute Gasteiger partial charge is 0.497 e. The van der Waals surface area contributed by atoms with Crippen LogP contribution in [0.4, 0.5) is 5.95 Å². The highest BCUT2D eigenvalue weighted by Crippen LogP contribution is 2.26. The van der Waals surface area contributed by atoms with Gasteiger partial charge >= 0.3 is 0 Å². The van der Waals surface area contributed by atoms with Crippen LogP contribution in [-0.2, 0) is 13.6 Å². The number of carbonyl (C=O) groups excluding carboxylic acids is 1. The average Bonchev–Trinajstić information content (AvgIpc) is 3.09. The molecule has 7 nitrogen and oxygen atoms in total. The van der Waals surface area contributed by atoms with Crippen molar-refractivity contribution in [2.45, 2.75) is 19.4 Å². The number of methoxy groups -OCH3 is 1. The number of fused-ring (bicyclic) bond motifs is 1. The lowest BCUT2D eigenvalue weighted by molar-refractivity contribution is 0.112. The minimum atomic E-state index is 0.513. The van der Waals surface area contributed by atoms with Gasteiger partial charge in [-0.25, -0.2) is 9.97 Å². The normalized spacial score (nSPS) is 15.0. The van der Waals surface area contributed by atoms with Crippen molar-refractivity contribution >= 4 is 23.1 Å². The lowest BCUT2D eigenvalue weighted by Crippen LogP contribution is -2.38. The Balaban J connectivity index is 1.30. The maximum absolute atomic E-state index is 10.7. The van der Waals surface area contributed by atoms with Crippen LogP contribution in [0, 0.1) is 5.92 Å². The Bertz CT molecular complexity index is 975. The lowest BCUT2D eigenvalue weighted by Gasteiger charge is -2.32. The van der Waals surface area contributed by atoms with Gasteiger partial charge in [0.25, 0.3) is 0 Å². The van der Waals surface area contributed by atoms with Crippen LogP contribution in [0.1, 0.15) is 28.8 Å². The molecule has 3 aromatic rings. The van der Waals surface area contributed by atoms with Crippen LogP contribution in [0.5, 0.6) is 5.75 Å². The average molecular weight is 393 g/mol. The molecule has 0 atom stereocenters. The summed E-state index contributed by atoms with van der Waals surface area (Å²) in [4.78, 5) is 21.5. The van der Waals surface area contributed by atoms with Crippen molar-refractivity contribution in [1.82, 2.24) is 19.9 Å². The van der Waals surface area contributed by atoms with Gasteiger partial charge in [0.15, 0.2) is 6.29 Å². The number of aldehydes is 1. The lowest BCUT2D eigenvalue weighted by atomic mass is 9.97. The summed E-state index contributed by atoms with van der Waals surface area (Å²) in [5.41, 5.74) is 3.03. The number of hydrogen-bond donors (Lipinski definition) is 1. The molecular weight excluding hydrogens is 366 g/mol. The van der Waals surface area contributed by atoms with Gasteiger partial charge < -0.3 is 19.5 Å². The number of nitrogens with zero attached hydrogens (tertiary/aromatic N) is 4. The van der Waals surface area contributed by atoms with Gasteiger partial charge in [-0.2, -0.15) is 0 Å². The SMILES string of the molecule is COc1ccc2c(c1)c(CNCC1CCN(c3ncc(C=O)cn3)CC1)cn2C. The fourth-order valence-corrected chi connectivity index (χ4v) is 4.02. The zero-order chi connectivity index (χ0) is 20.2. The van der Waals surface area contributed by atoms with Gasteiger partial charge in [0.2, 0.25) is 5.95 Å². The van der Waals surface area contributed by atoms with E-state index in [4.69, 9.17) is 4.74 Å². The molecule has 1 saturated heterocycles. The first kappa shape index (κ1) is 19.4. The fraction of sp³-hybridized carbons (Fsp3) is 0.409. The number of ether oxygens (including phenoxy) is 1. The Morgan fingerprint density at radius 3 is 2.69 bits per heavy atom. The summed E-state index contributed by atoms with van der Waals surface area (Å²) < 4.78 is 7.55. The minimum Gasteiger partial charge on any atom is -0.497 e. The molecule has 0 bridgehead atoms. The summed E-state index contributed by atoms with van der Waals surface area (Å²) in [6.07, 6.45) is 8.35. The number of nitrogens with one attached hydrogen (secondary N) is 1. The number of aryl methyl sites for hydroxylation is 1. The third-order valence-corrected chi connectivity index (χ3v) is 5.72. The molecule has 2 aromatic heterocycles. The van der Waals surface area contributed by atoms with Gasteiger partial charge in [0.05, 0.1) is 12.7 Å². The second kappa shape index (κ2) is 8.61. The van der Waals surface area contributed by atoms with Crippen LogP contribution in [0.2, 0.25) is 0 Å². The molecule has 1 aliphatic rings. The number of piperidine rings is 1. The number of benzene rings is 1. The van der Waals surface area contributed by atoms with Crippen molar-refractivity contribution in [3.63, 3.8) is 0 Å². The van der Waals surface area contributed by atoms with E-state index in [2.05, 4.69) is 50.1 Å². The molecule has 29 heavy (non-hydrogen) atoms. The molecule has 0 saturated carbocycles. The Hall–Kier alpha value is -2.93. The van der Waals surface area contributed by atoms with Crippen molar-refractivity contribution in [2.75, 3.05) is 31.6 Å². The summed E-state index contributed by atoms with van der Waals surface area (Å²) in [6.45, 7) is 3.73. The molecule has 152 valence electrons. The quantitative estimate of drug-likeness (QED) is 0.623. The van der Waals surface area contributed by atoms with Gasteiger partial charge in [-0.1, -0.05) is 0 Å². The third-order valence-electron chi connectivity index (χ3n) is 5.72. The molecule has 1 aliphatic heterocycles. The Morgan fingerprint density at radius 2 is 2.00 bits per heavy atom. The smallest absolute Gasteiger partial charge is 0.225 e. The van der Waals surface area contributed by atoms with Crippen LogP contribution in [0.15, 0.2) is 36.8 Å². The molecule has 0 amide bonds. The molecule has 7 heteroatoms. The van der Waals surface area contributed by atoms with E-state index < -0.39 is 0 Å². The highest BCUT2D eigenvalue weighted by molar-refractivity contribution is 5.85. The summed E-state index contributed by atoms with van der Waals surface area (Å²) in [6, 6.07) is 6.22. The van der Waals surface area contributed by atoms with E-state index in [1.54, 1.807) is 19.5 Å². The standard InChI is InChI=1S/C22H27N5O2/c1-26-14-18(20-9-19(29-2)3-4-21(20)26)13-23-10-16-5-7-27(8-6-16)22-24-11-17(15-28)12-25-22/h3-4,9,11-12,14-16,23H,5-8,10,13H2,1-2H3. The van der Waals surface area contributed by atoms with Crippen LogP contribution in [0.25, 0.3) is 10.9 Å². The van der Waals surface area contributed by atoms with Crippen LogP contribution >= 0.6 is 0 Å². The van der Waals surface area contributed by atoms with Crippen molar-refractivity contribution in [3.8, 4) is 5.75 Å². The first-order valence-electron chi connectivity index (χ1n) is 10.0. The molecule has 3 heterocycles. The highest BCUT2D eigenvalue weighted by atomic mass is 16.5. The number of anilines is 1. The fourth-order valence-electron chi connectivity index (χ4n) is 4.02. The maximum atomic E-state index is 10.7. The van der Waals surface area contributed by atoms with Gasteiger partial charge in [-0.05, 0) is 49.1 Å². The monoisotopic (exact) mass is 393 g/mol. The van der Waals surface area contributed by atoms with Gasteiger partial charge in [0, 0.05) is 56.2 Å². The minimum absolute atomic E-state index is 0.513. The van der Waals surface area contributed by atoms with E-state index in [9.17, 15) is 4.79 Å². The first-order valence-corrected chi connectivity index (χ1v) is 10.0. The topological polar surface area (TPSA) is 72.3 Å². The predicted molar refractivity (Wildman–Crippen MR) is 114 cm³/mol. The van der Waals surface area contributed by atoms with E-state index in [0.29, 0.717) is 17.4 Å². The van der Waals surface area contributed by atoms with E-state index in [1.807, 2.05) is 6.07 Å². The molecule has 0 unspecified atom stereocenters. The number of hydrogen-bond acceptors (Lipinski definition) is 6. The van der Waals surface area contributed by atoms with Crippen molar-refractivity contribution in [3.05, 3.63) is 47.9 Å². The molecule has 0 spiro atoms. The molecule has 1 aromatic carbocycles. The number of aromatic nitrogens is 3. The van der Waals surface area contributed by atoms with Crippen molar-refractivity contribution in [2.24, 2.45) is 13.0 Å². The summed E-state index contributed by atoms with van der Waals surface area (Å²) in [5, 5.41) is 4.88. The maximum Gasteiger partial charge on any atom is 0.225 e. The van der Waals surface area contributed by atoms with Gasteiger partial charge in [-0.3, -0.25) is 4.79 Å². The zero-order valence-electron chi connectivity index (χ0n) is 17.0. The number of rotatable bonds is 7. The summed E-state index contributed by atoms with van der Waals surface area (Å²) in [7, 11) is 3.79. The van der Waals surface area contributed by atoms with Crippen molar-refractivity contribution < 1.29 is 9.53 Å². The van der Waals surface area contributed by atoms with Gasteiger partial charge in [0.1, 0.15) is 5.75 Å². The second-order valence-corrected chi connectivity index (χ2v) is 7.64. The third kappa shape index (κ3) is 4.24. The Kier molecular flexibility index (Phi) is 5.76. The van der Waals surface area contributed by atoms with Crippen LogP contribution in [0.3, 0.4) is 0 Å². The predicted octanol–water partition coefficient (Wildman–Crippen LogP) is 2.80. The highest BCUT2D eigenvalue weighted by Gasteiger charge is 2.21. The molecular formula is C22H27N5O2. The molecule has 0 aliphatic carbocycles. The first-order chi connectivity index (χ1) is 14.2. The van der Waals surface area contributed by atoms with E-state index in [0.717, 1.165) is 51.1 Å². The van der Waals surface area contributed by atoms with E-state index >= 15 is 0 Å². The van der Waals surface area contributed by atoms with Gasteiger partial charge in [-0.15, -0.1) is 0 Å².